The molecule has 16 heavy (non-hydrogen) atoms. The number of aliphatic hydroxyl groups is 1. The molecule has 0 spiro atoms. The molecule has 2 rings (SSSR count). The van der Waals surface area contributed by atoms with Crippen LogP contribution in [0, 0.1) is 11.8 Å². The van der Waals surface area contributed by atoms with Crippen LogP contribution >= 0.6 is 0 Å². The van der Waals surface area contributed by atoms with Gasteiger partial charge in [-0.15, -0.1) is 0 Å². The maximum absolute atomic E-state index is 9.89. The van der Waals surface area contributed by atoms with Crippen LogP contribution in [0.1, 0.15) is 38.5 Å². The van der Waals surface area contributed by atoms with Gasteiger partial charge in [0.25, 0.3) is 0 Å². The van der Waals surface area contributed by atoms with Crippen molar-refractivity contribution >= 4 is 0 Å². The van der Waals surface area contributed by atoms with Crippen molar-refractivity contribution in [2.75, 3.05) is 26.3 Å². The Balaban J connectivity index is 1.51. The van der Waals surface area contributed by atoms with Crippen LogP contribution in [0.5, 0.6) is 0 Å². The van der Waals surface area contributed by atoms with E-state index in [-0.39, 0.29) is 6.10 Å². The van der Waals surface area contributed by atoms with E-state index in [0.29, 0.717) is 5.92 Å². The first-order valence-electron chi connectivity index (χ1n) is 6.81. The fourth-order valence-corrected chi connectivity index (χ4v) is 2.91. The molecule has 0 bridgehead atoms. The smallest absolute Gasteiger partial charge is 0.0667 e. The first kappa shape index (κ1) is 12.3. The van der Waals surface area contributed by atoms with Gasteiger partial charge in [-0.05, 0) is 24.7 Å². The van der Waals surface area contributed by atoms with Crippen molar-refractivity contribution in [2.24, 2.45) is 11.8 Å². The van der Waals surface area contributed by atoms with Gasteiger partial charge >= 0.3 is 0 Å². The highest BCUT2D eigenvalue weighted by Gasteiger charge is 2.19. The Bertz CT molecular complexity index is 186. The SMILES string of the molecule is OC(CNCC1CCOC1)CC1CCCC1. The molecule has 0 aromatic carbocycles. The Kier molecular flexibility index (Phi) is 5.07. The number of nitrogens with one attached hydrogen (secondary N) is 1. The summed E-state index contributed by atoms with van der Waals surface area (Å²) < 4.78 is 5.32. The summed E-state index contributed by atoms with van der Waals surface area (Å²) in [5, 5.41) is 13.3. The fourth-order valence-electron chi connectivity index (χ4n) is 2.91. The molecule has 2 fully saturated rings. The van der Waals surface area contributed by atoms with Gasteiger partial charge in [-0.2, -0.15) is 0 Å². The summed E-state index contributed by atoms with van der Waals surface area (Å²) in [6, 6.07) is 0. The normalized spacial score (nSPS) is 28.7. The van der Waals surface area contributed by atoms with E-state index >= 15 is 0 Å². The number of aliphatic hydroxyl groups excluding tert-OH is 1. The summed E-state index contributed by atoms with van der Waals surface area (Å²) in [4.78, 5) is 0. The Labute approximate surface area is 98.6 Å². The van der Waals surface area contributed by atoms with Gasteiger partial charge < -0.3 is 15.2 Å². The van der Waals surface area contributed by atoms with Crippen LogP contribution in [0.3, 0.4) is 0 Å². The predicted octanol–water partition coefficient (Wildman–Crippen LogP) is 1.55. The van der Waals surface area contributed by atoms with Crippen molar-refractivity contribution in [2.45, 2.75) is 44.6 Å². The Morgan fingerprint density at radius 3 is 2.69 bits per heavy atom. The molecule has 3 heteroatoms. The molecule has 0 aromatic rings. The molecule has 2 unspecified atom stereocenters. The molecule has 1 heterocycles. The fraction of sp³-hybridized carbons (Fsp3) is 1.00. The van der Waals surface area contributed by atoms with Crippen LogP contribution in [0.25, 0.3) is 0 Å². The topological polar surface area (TPSA) is 41.5 Å². The van der Waals surface area contributed by atoms with Crippen molar-refractivity contribution in [3.63, 3.8) is 0 Å². The molecule has 2 N–H and O–H groups in total. The molecule has 94 valence electrons. The molecular formula is C13H25NO2. The molecule has 1 aliphatic heterocycles. The van der Waals surface area contributed by atoms with Gasteiger partial charge in [-0.3, -0.25) is 0 Å². The van der Waals surface area contributed by atoms with E-state index in [1.807, 2.05) is 0 Å². The van der Waals surface area contributed by atoms with Gasteiger partial charge in [0.1, 0.15) is 0 Å². The minimum absolute atomic E-state index is 0.148. The molecule has 3 nitrogen and oxygen atoms in total. The van der Waals surface area contributed by atoms with Gasteiger partial charge in [-0.25, -0.2) is 0 Å². The standard InChI is InChI=1S/C13H25NO2/c15-13(7-11-3-1-2-4-11)9-14-8-12-5-6-16-10-12/h11-15H,1-10H2. The third kappa shape index (κ3) is 4.04. The zero-order valence-corrected chi connectivity index (χ0v) is 10.2. The van der Waals surface area contributed by atoms with E-state index < -0.39 is 0 Å². The highest BCUT2D eigenvalue weighted by Crippen LogP contribution is 2.28. The van der Waals surface area contributed by atoms with E-state index in [0.717, 1.165) is 38.6 Å². The second kappa shape index (κ2) is 6.58. The van der Waals surface area contributed by atoms with E-state index in [1.165, 1.54) is 32.1 Å². The first-order chi connectivity index (χ1) is 7.84. The average Bonchev–Trinajstić information content (AvgIpc) is 2.90. The zero-order valence-electron chi connectivity index (χ0n) is 10.2. The summed E-state index contributed by atoms with van der Waals surface area (Å²) >= 11 is 0. The summed E-state index contributed by atoms with van der Waals surface area (Å²) in [7, 11) is 0. The number of ether oxygens (including phenoxy) is 1. The molecule has 1 saturated heterocycles. The Morgan fingerprint density at radius 1 is 1.19 bits per heavy atom. The van der Waals surface area contributed by atoms with Crippen molar-refractivity contribution in [1.29, 1.82) is 0 Å². The molecule has 2 aliphatic rings. The van der Waals surface area contributed by atoms with Crippen LogP contribution in [0.15, 0.2) is 0 Å². The molecule has 0 aromatic heterocycles. The molecule has 1 aliphatic carbocycles. The monoisotopic (exact) mass is 227 g/mol. The van der Waals surface area contributed by atoms with Gasteiger partial charge in [0, 0.05) is 19.7 Å². The summed E-state index contributed by atoms with van der Waals surface area (Å²) in [5.41, 5.74) is 0. The third-order valence-electron chi connectivity index (χ3n) is 3.92. The van der Waals surface area contributed by atoms with E-state index in [1.54, 1.807) is 0 Å². The number of hydrogen-bond acceptors (Lipinski definition) is 3. The molecule has 0 amide bonds. The Hall–Kier alpha value is -0.120. The predicted molar refractivity (Wildman–Crippen MR) is 64.4 cm³/mol. The van der Waals surface area contributed by atoms with Crippen LogP contribution in [0.2, 0.25) is 0 Å². The maximum atomic E-state index is 9.89. The zero-order chi connectivity index (χ0) is 11.2. The minimum atomic E-state index is -0.148. The average molecular weight is 227 g/mol. The van der Waals surface area contributed by atoms with Crippen molar-refractivity contribution in [3.8, 4) is 0 Å². The summed E-state index contributed by atoms with van der Waals surface area (Å²) in [6.07, 6.45) is 7.40. The van der Waals surface area contributed by atoms with E-state index in [9.17, 15) is 5.11 Å². The summed E-state index contributed by atoms with van der Waals surface area (Å²) in [6.45, 7) is 3.57. The van der Waals surface area contributed by atoms with Crippen molar-refractivity contribution in [1.82, 2.24) is 5.32 Å². The van der Waals surface area contributed by atoms with Crippen LogP contribution in [0.4, 0.5) is 0 Å². The van der Waals surface area contributed by atoms with Crippen LogP contribution in [-0.2, 0) is 4.74 Å². The molecular weight excluding hydrogens is 202 g/mol. The number of hydrogen-bond donors (Lipinski definition) is 2. The molecule has 2 atom stereocenters. The Morgan fingerprint density at radius 2 is 2.00 bits per heavy atom. The second-order valence-corrected chi connectivity index (χ2v) is 5.43. The lowest BCUT2D eigenvalue weighted by atomic mass is 10.00. The second-order valence-electron chi connectivity index (χ2n) is 5.43. The highest BCUT2D eigenvalue weighted by molar-refractivity contribution is 4.73. The first-order valence-corrected chi connectivity index (χ1v) is 6.81. The third-order valence-corrected chi connectivity index (χ3v) is 3.92. The lowest BCUT2D eigenvalue weighted by molar-refractivity contribution is 0.138. The highest BCUT2D eigenvalue weighted by atomic mass is 16.5. The lowest BCUT2D eigenvalue weighted by Gasteiger charge is -2.17. The van der Waals surface area contributed by atoms with Gasteiger partial charge in [0.05, 0.1) is 12.7 Å². The van der Waals surface area contributed by atoms with Crippen LogP contribution < -0.4 is 5.32 Å². The lowest BCUT2D eigenvalue weighted by Crippen LogP contribution is -2.32. The molecule has 1 saturated carbocycles. The minimum Gasteiger partial charge on any atom is -0.392 e. The van der Waals surface area contributed by atoms with E-state index in [4.69, 9.17) is 4.74 Å². The number of rotatable bonds is 6. The van der Waals surface area contributed by atoms with E-state index in [2.05, 4.69) is 5.32 Å². The largest absolute Gasteiger partial charge is 0.392 e. The molecule has 0 radical (unpaired) electrons. The maximum Gasteiger partial charge on any atom is 0.0667 e. The van der Waals surface area contributed by atoms with Gasteiger partial charge in [0.15, 0.2) is 0 Å². The van der Waals surface area contributed by atoms with Crippen molar-refractivity contribution in [3.05, 3.63) is 0 Å². The summed E-state index contributed by atoms with van der Waals surface area (Å²) in [5.74, 6) is 1.45. The van der Waals surface area contributed by atoms with Crippen molar-refractivity contribution < 1.29 is 9.84 Å². The van der Waals surface area contributed by atoms with Gasteiger partial charge in [0.2, 0.25) is 0 Å². The van der Waals surface area contributed by atoms with Crippen LogP contribution in [-0.4, -0.2) is 37.5 Å². The quantitative estimate of drug-likeness (QED) is 0.723. The van der Waals surface area contributed by atoms with Gasteiger partial charge in [-0.1, -0.05) is 25.7 Å².